The van der Waals surface area contributed by atoms with Crippen LogP contribution in [-0.2, 0) is 4.74 Å². The van der Waals surface area contributed by atoms with E-state index in [4.69, 9.17) is 10.5 Å². The van der Waals surface area contributed by atoms with E-state index in [1.54, 1.807) is 0 Å². The molecule has 1 fully saturated rings. The molecule has 0 heterocycles. The minimum Gasteiger partial charge on any atom is -0.388 e. The van der Waals surface area contributed by atoms with E-state index in [-0.39, 0.29) is 0 Å². The van der Waals surface area contributed by atoms with Gasteiger partial charge in [0.15, 0.2) is 0 Å². The Morgan fingerprint density at radius 2 is 2.38 bits per heavy atom. The van der Waals surface area contributed by atoms with Crippen LogP contribution in [0.2, 0.25) is 0 Å². The second-order valence-electron chi connectivity index (χ2n) is 3.88. The van der Waals surface area contributed by atoms with Gasteiger partial charge in [0, 0.05) is 19.8 Å². The number of rotatable bonds is 5. The fourth-order valence-electron chi connectivity index (χ4n) is 2.18. The van der Waals surface area contributed by atoms with Gasteiger partial charge in [-0.2, -0.15) is 0 Å². The number of ether oxygens (including phenoxy) is 1. The van der Waals surface area contributed by atoms with Crippen LogP contribution in [0.4, 0.5) is 0 Å². The van der Waals surface area contributed by atoms with Gasteiger partial charge in [-0.15, -0.1) is 0 Å². The van der Waals surface area contributed by atoms with Crippen molar-refractivity contribution in [2.75, 3.05) is 19.8 Å². The fourth-order valence-corrected chi connectivity index (χ4v) is 2.18. The first-order valence-corrected chi connectivity index (χ1v) is 5.23. The van der Waals surface area contributed by atoms with Gasteiger partial charge in [0.05, 0.1) is 5.60 Å². The standard InChI is InChI=1S/C10H21NO2/c1-2-13-7-5-9-4-3-6-10(9,12)8-11/h9,12H,2-8,11H2,1H3. The van der Waals surface area contributed by atoms with Crippen LogP contribution < -0.4 is 5.73 Å². The van der Waals surface area contributed by atoms with Crippen LogP contribution >= 0.6 is 0 Å². The lowest BCUT2D eigenvalue weighted by Gasteiger charge is -2.28. The zero-order valence-electron chi connectivity index (χ0n) is 8.46. The van der Waals surface area contributed by atoms with Crippen LogP contribution in [-0.4, -0.2) is 30.5 Å². The smallest absolute Gasteiger partial charge is 0.0798 e. The average Bonchev–Trinajstić information content (AvgIpc) is 2.50. The van der Waals surface area contributed by atoms with E-state index in [9.17, 15) is 5.11 Å². The van der Waals surface area contributed by atoms with Crippen molar-refractivity contribution in [3.05, 3.63) is 0 Å². The Bertz CT molecular complexity index is 152. The van der Waals surface area contributed by atoms with Gasteiger partial charge >= 0.3 is 0 Å². The highest BCUT2D eigenvalue weighted by Crippen LogP contribution is 2.36. The molecule has 0 aliphatic heterocycles. The average molecular weight is 187 g/mol. The molecule has 0 amide bonds. The van der Waals surface area contributed by atoms with Crippen LogP contribution in [0.15, 0.2) is 0 Å². The molecule has 3 N–H and O–H groups in total. The molecule has 2 atom stereocenters. The predicted molar refractivity (Wildman–Crippen MR) is 52.5 cm³/mol. The summed E-state index contributed by atoms with van der Waals surface area (Å²) in [6.45, 7) is 3.89. The lowest BCUT2D eigenvalue weighted by atomic mass is 9.88. The van der Waals surface area contributed by atoms with Gasteiger partial charge in [-0.05, 0) is 32.1 Å². The molecule has 0 spiro atoms. The Hall–Kier alpha value is -0.120. The van der Waals surface area contributed by atoms with E-state index in [1.165, 1.54) is 0 Å². The first-order chi connectivity index (χ1) is 6.23. The number of hydrogen-bond acceptors (Lipinski definition) is 3. The van der Waals surface area contributed by atoms with Gasteiger partial charge in [0.1, 0.15) is 0 Å². The molecule has 78 valence electrons. The van der Waals surface area contributed by atoms with Gasteiger partial charge in [0.25, 0.3) is 0 Å². The second-order valence-corrected chi connectivity index (χ2v) is 3.88. The second kappa shape index (κ2) is 4.94. The molecule has 0 radical (unpaired) electrons. The minimum atomic E-state index is -0.600. The third-order valence-corrected chi connectivity index (χ3v) is 3.09. The van der Waals surface area contributed by atoms with Crippen LogP contribution in [0.1, 0.15) is 32.6 Å². The fraction of sp³-hybridized carbons (Fsp3) is 1.00. The third-order valence-electron chi connectivity index (χ3n) is 3.09. The van der Waals surface area contributed by atoms with Crippen molar-refractivity contribution < 1.29 is 9.84 Å². The molecule has 2 unspecified atom stereocenters. The van der Waals surface area contributed by atoms with Gasteiger partial charge in [-0.1, -0.05) is 6.42 Å². The molecule has 0 bridgehead atoms. The maximum Gasteiger partial charge on any atom is 0.0798 e. The summed E-state index contributed by atoms with van der Waals surface area (Å²) in [5, 5.41) is 10.1. The molecule has 0 saturated heterocycles. The molecule has 1 saturated carbocycles. The van der Waals surface area contributed by atoms with Gasteiger partial charge in [-0.25, -0.2) is 0 Å². The SMILES string of the molecule is CCOCCC1CCCC1(O)CN. The van der Waals surface area contributed by atoms with Gasteiger partial charge in [-0.3, -0.25) is 0 Å². The molecule has 3 nitrogen and oxygen atoms in total. The molecule has 0 aromatic rings. The van der Waals surface area contributed by atoms with Crippen molar-refractivity contribution in [2.45, 2.75) is 38.2 Å². The molecular formula is C10H21NO2. The highest BCUT2D eigenvalue weighted by Gasteiger charge is 2.39. The summed E-state index contributed by atoms with van der Waals surface area (Å²) in [5.41, 5.74) is 4.97. The van der Waals surface area contributed by atoms with Crippen LogP contribution in [0.5, 0.6) is 0 Å². The molecular weight excluding hydrogens is 166 g/mol. The summed E-state index contributed by atoms with van der Waals surface area (Å²) in [6.07, 6.45) is 4.01. The highest BCUT2D eigenvalue weighted by atomic mass is 16.5. The summed E-state index contributed by atoms with van der Waals surface area (Å²) in [7, 11) is 0. The molecule has 0 aromatic carbocycles. The molecule has 13 heavy (non-hydrogen) atoms. The Morgan fingerprint density at radius 1 is 1.62 bits per heavy atom. The van der Waals surface area contributed by atoms with Crippen molar-refractivity contribution >= 4 is 0 Å². The van der Waals surface area contributed by atoms with E-state index in [0.717, 1.165) is 38.9 Å². The Kier molecular flexibility index (Phi) is 4.16. The first-order valence-electron chi connectivity index (χ1n) is 5.23. The lowest BCUT2D eigenvalue weighted by molar-refractivity contribution is -0.00339. The van der Waals surface area contributed by atoms with E-state index in [1.807, 2.05) is 6.92 Å². The van der Waals surface area contributed by atoms with Crippen molar-refractivity contribution in [3.8, 4) is 0 Å². The monoisotopic (exact) mass is 187 g/mol. The normalized spacial score (nSPS) is 33.9. The van der Waals surface area contributed by atoms with Gasteiger partial charge < -0.3 is 15.6 Å². The quantitative estimate of drug-likeness (QED) is 0.629. The van der Waals surface area contributed by atoms with E-state index >= 15 is 0 Å². The predicted octanol–water partition coefficient (Wildman–Crippen LogP) is 0.903. The molecule has 0 aromatic heterocycles. The minimum absolute atomic E-state index is 0.351. The van der Waals surface area contributed by atoms with Crippen molar-refractivity contribution in [2.24, 2.45) is 11.7 Å². The van der Waals surface area contributed by atoms with E-state index in [2.05, 4.69) is 0 Å². The zero-order chi connectivity index (χ0) is 9.73. The maximum atomic E-state index is 10.1. The molecule has 3 heteroatoms. The summed E-state index contributed by atoms with van der Waals surface area (Å²) < 4.78 is 5.28. The van der Waals surface area contributed by atoms with E-state index < -0.39 is 5.60 Å². The molecule has 1 rings (SSSR count). The Labute approximate surface area is 80.3 Å². The van der Waals surface area contributed by atoms with Crippen molar-refractivity contribution in [1.82, 2.24) is 0 Å². The Morgan fingerprint density at radius 3 is 3.00 bits per heavy atom. The summed E-state index contributed by atoms with van der Waals surface area (Å²) in [6, 6.07) is 0. The topological polar surface area (TPSA) is 55.5 Å². The number of nitrogens with two attached hydrogens (primary N) is 1. The highest BCUT2D eigenvalue weighted by molar-refractivity contribution is 4.92. The lowest BCUT2D eigenvalue weighted by Crippen LogP contribution is -2.41. The first kappa shape index (κ1) is 11.0. The largest absolute Gasteiger partial charge is 0.388 e. The van der Waals surface area contributed by atoms with Crippen LogP contribution in [0.3, 0.4) is 0 Å². The Balaban J connectivity index is 2.31. The zero-order valence-corrected chi connectivity index (χ0v) is 8.46. The van der Waals surface area contributed by atoms with Gasteiger partial charge in [0.2, 0.25) is 0 Å². The third kappa shape index (κ3) is 2.66. The molecule has 1 aliphatic rings. The summed E-state index contributed by atoms with van der Waals surface area (Å²) >= 11 is 0. The summed E-state index contributed by atoms with van der Waals surface area (Å²) in [4.78, 5) is 0. The van der Waals surface area contributed by atoms with Crippen LogP contribution in [0, 0.1) is 5.92 Å². The van der Waals surface area contributed by atoms with Crippen molar-refractivity contribution in [1.29, 1.82) is 0 Å². The maximum absolute atomic E-state index is 10.1. The van der Waals surface area contributed by atoms with Crippen LogP contribution in [0.25, 0.3) is 0 Å². The number of hydrogen-bond donors (Lipinski definition) is 2. The summed E-state index contributed by atoms with van der Waals surface area (Å²) in [5.74, 6) is 0.351. The molecule has 1 aliphatic carbocycles. The van der Waals surface area contributed by atoms with Crippen molar-refractivity contribution in [3.63, 3.8) is 0 Å². The van der Waals surface area contributed by atoms with E-state index in [0.29, 0.717) is 12.5 Å². The number of aliphatic hydroxyl groups is 1.